The maximum atomic E-state index is 13.0. The number of aromatic amines is 1. The van der Waals surface area contributed by atoms with Crippen molar-refractivity contribution in [3.8, 4) is 11.4 Å². The second-order valence-corrected chi connectivity index (χ2v) is 8.47. The number of carbonyl (C=O) groups excluding carboxylic acids is 2. The molecule has 162 valence electrons. The number of anilines is 2. The van der Waals surface area contributed by atoms with Crippen LogP contribution in [0, 0.1) is 5.82 Å². The Balaban J connectivity index is 1.38. The van der Waals surface area contributed by atoms with Gasteiger partial charge in [-0.05, 0) is 55.5 Å². The summed E-state index contributed by atoms with van der Waals surface area (Å²) in [5.41, 5.74) is 3.69. The number of benzene rings is 3. The van der Waals surface area contributed by atoms with Crippen LogP contribution in [0.25, 0.3) is 22.4 Å². The van der Waals surface area contributed by atoms with Gasteiger partial charge in [-0.2, -0.15) is 0 Å². The number of halogens is 1. The summed E-state index contributed by atoms with van der Waals surface area (Å²) in [4.78, 5) is 32.8. The molecule has 0 aliphatic rings. The fourth-order valence-corrected chi connectivity index (χ4v) is 3.80. The zero-order valence-corrected chi connectivity index (χ0v) is 18.1. The van der Waals surface area contributed by atoms with E-state index in [1.807, 2.05) is 48.5 Å². The third-order valence-electron chi connectivity index (χ3n) is 4.79. The molecule has 0 aliphatic carbocycles. The Hall–Kier alpha value is -3.65. The van der Waals surface area contributed by atoms with E-state index in [4.69, 9.17) is 0 Å². The van der Waals surface area contributed by atoms with Crippen LogP contribution in [-0.2, 0) is 9.59 Å². The monoisotopic (exact) mass is 448 g/mol. The van der Waals surface area contributed by atoms with Gasteiger partial charge >= 0.3 is 0 Å². The van der Waals surface area contributed by atoms with E-state index in [1.165, 1.54) is 36.0 Å². The van der Waals surface area contributed by atoms with E-state index in [-0.39, 0.29) is 23.4 Å². The van der Waals surface area contributed by atoms with Gasteiger partial charge in [0.2, 0.25) is 11.8 Å². The highest BCUT2D eigenvalue weighted by Crippen LogP contribution is 2.28. The SMILES string of the molecule is CC(SCC(=O)Nc1ccc(F)cc1)C(=O)Nc1ccccc1-c1nc2ccccc2[nH]1. The summed E-state index contributed by atoms with van der Waals surface area (Å²) >= 11 is 1.22. The molecule has 6 nitrogen and oxygen atoms in total. The van der Waals surface area contributed by atoms with Crippen LogP contribution in [0.15, 0.2) is 72.8 Å². The number of nitrogens with one attached hydrogen (secondary N) is 3. The minimum atomic E-state index is -0.460. The average Bonchev–Trinajstić information content (AvgIpc) is 3.23. The number of rotatable bonds is 7. The van der Waals surface area contributed by atoms with E-state index in [1.54, 1.807) is 6.92 Å². The Bertz CT molecular complexity index is 1220. The number of fused-ring (bicyclic) bond motifs is 1. The number of hydrogen-bond donors (Lipinski definition) is 3. The summed E-state index contributed by atoms with van der Waals surface area (Å²) in [7, 11) is 0. The van der Waals surface area contributed by atoms with Gasteiger partial charge in [-0.1, -0.05) is 24.3 Å². The molecule has 0 saturated carbocycles. The van der Waals surface area contributed by atoms with E-state index in [2.05, 4.69) is 20.6 Å². The van der Waals surface area contributed by atoms with Gasteiger partial charge < -0.3 is 15.6 Å². The van der Waals surface area contributed by atoms with Gasteiger partial charge in [0.1, 0.15) is 11.6 Å². The number of para-hydroxylation sites is 3. The first-order valence-electron chi connectivity index (χ1n) is 10.0. The van der Waals surface area contributed by atoms with Crippen molar-refractivity contribution in [3.05, 3.63) is 78.6 Å². The smallest absolute Gasteiger partial charge is 0.237 e. The molecule has 4 rings (SSSR count). The fraction of sp³-hybridized carbons (Fsp3) is 0.125. The van der Waals surface area contributed by atoms with Gasteiger partial charge in [-0.3, -0.25) is 9.59 Å². The lowest BCUT2D eigenvalue weighted by Crippen LogP contribution is -2.25. The number of imidazole rings is 1. The minimum Gasteiger partial charge on any atom is -0.338 e. The van der Waals surface area contributed by atoms with Crippen LogP contribution < -0.4 is 10.6 Å². The second kappa shape index (κ2) is 9.65. The lowest BCUT2D eigenvalue weighted by Gasteiger charge is -2.14. The molecule has 2 amide bonds. The van der Waals surface area contributed by atoms with E-state index in [9.17, 15) is 14.0 Å². The minimum absolute atomic E-state index is 0.0944. The first-order valence-corrected chi connectivity index (χ1v) is 11.1. The predicted octanol–water partition coefficient (Wildman–Crippen LogP) is 5.07. The second-order valence-electron chi connectivity index (χ2n) is 7.15. The standard InChI is InChI=1S/C24H21FN4O2S/c1-15(32-14-22(30)26-17-12-10-16(25)11-13-17)24(31)29-19-7-3-2-6-18(19)23-27-20-8-4-5-9-21(20)28-23/h2-13,15H,14H2,1H3,(H,26,30)(H,27,28)(H,29,31). The molecule has 1 aromatic heterocycles. The largest absolute Gasteiger partial charge is 0.338 e. The molecule has 1 heterocycles. The average molecular weight is 449 g/mol. The molecule has 8 heteroatoms. The molecule has 3 aromatic carbocycles. The number of nitrogens with zero attached hydrogens (tertiary/aromatic N) is 1. The maximum Gasteiger partial charge on any atom is 0.237 e. The molecule has 0 saturated heterocycles. The van der Waals surface area contributed by atoms with Crippen molar-refractivity contribution < 1.29 is 14.0 Å². The molecule has 0 fully saturated rings. The summed E-state index contributed by atoms with van der Waals surface area (Å²) in [6, 6.07) is 20.7. The summed E-state index contributed by atoms with van der Waals surface area (Å²) in [5, 5.41) is 5.17. The van der Waals surface area contributed by atoms with Crippen molar-refractivity contribution in [2.75, 3.05) is 16.4 Å². The number of aromatic nitrogens is 2. The Kier molecular flexibility index (Phi) is 6.51. The number of H-pyrrole nitrogens is 1. The number of thioether (sulfide) groups is 1. The number of hydrogen-bond acceptors (Lipinski definition) is 4. The van der Waals surface area contributed by atoms with Crippen molar-refractivity contribution in [2.24, 2.45) is 0 Å². The zero-order chi connectivity index (χ0) is 22.5. The molecular formula is C24H21FN4O2S. The van der Waals surface area contributed by atoms with Crippen LogP contribution in [-0.4, -0.2) is 32.8 Å². The molecule has 4 aromatic rings. The summed E-state index contributed by atoms with van der Waals surface area (Å²) in [6.07, 6.45) is 0. The molecule has 1 atom stereocenters. The molecular weight excluding hydrogens is 427 g/mol. The highest BCUT2D eigenvalue weighted by atomic mass is 32.2. The Morgan fingerprint density at radius 1 is 1.00 bits per heavy atom. The van der Waals surface area contributed by atoms with Crippen LogP contribution in [0.1, 0.15) is 6.92 Å². The van der Waals surface area contributed by atoms with Crippen LogP contribution in [0.5, 0.6) is 0 Å². The lowest BCUT2D eigenvalue weighted by molar-refractivity contribution is -0.115. The third kappa shape index (κ3) is 5.15. The highest BCUT2D eigenvalue weighted by Gasteiger charge is 2.18. The van der Waals surface area contributed by atoms with Gasteiger partial charge in [0.25, 0.3) is 0 Å². The van der Waals surface area contributed by atoms with Gasteiger partial charge in [0.15, 0.2) is 0 Å². The zero-order valence-electron chi connectivity index (χ0n) is 17.3. The lowest BCUT2D eigenvalue weighted by atomic mass is 10.1. The van der Waals surface area contributed by atoms with E-state index >= 15 is 0 Å². The summed E-state index contributed by atoms with van der Waals surface area (Å²) < 4.78 is 13.0. The molecule has 0 bridgehead atoms. The highest BCUT2D eigenvalue weighted by molar-refractivity contribution is 8.01. The summed E-state index contributed by atoms with van der Waals surface area (Å²) in [5.74, 6) is -0.0827. The normalized spacial score (nSPS) is 11.8. The Labute approximate surface area is 188 Å². The van der Waals surface area contributed by atoms with Crippen molar-refractivity contribution in [2.45, 2.75) is 12.2 Å². The van der Waals surface area contributed by atoms with Gasteiger partial charge in [0, 0.05) is 11.3 Å². The van der Waals surface area contributed by atoms with Crippen molar-refractivity contribution in [3.63, 3.8) is 0 Å². The van der Waals surface area contributed by atoms with Gasteiger partial charge in [0.05, 0.1) is 27.7 Å². The molecule has 0 radical (unpaired) electrons. The molecule has 1 unspecified atom stereocenters. The predicted molar refractivity (Wildman–Crippen MR) is 127 cm³/mol. The molecule has 0 spiro atoms. The Morgan fingerprint density at radius 3 is 2.50 bits per heavy atom. The van der Waals surface area contributed by atoms with Crippen molar-refractivity contribution in [1.82, 2.24) is 9.97 Å². The first-order chi connectivity index (χ1) is 15.5. The number of carbonyl (C=O) groups is 2. The van der Waals surface area contributed by atoms with Crippen LogP contribution in [0.4, 0.5) is 15.8 Å². The molecule has 0 aliphatic heterocycles. The van der Waals surface area contributed by atoms with Crippen LogP contribution in [0.2, 0.25) is 0 Å². The van der Waals surface area contributed by atoms with E-state index < -0.39 is 5.25 Å². The first kappa shape index (κ1) is 21.6. The van der Waals surface area contributed by atoms with Crippen LogP contribution >= 0.6 is 11.8 Å². The van der Waals surface area contributed by atoms with Crippen molar-refractivity contribution in [1.29, 1.82) is 0 Å². The molecule has 32 heavy (non-hydrogen) atoms. The topological polar surface area (TPSA) is 86.9 Å². The number of amides is 2. The fourth-order valence-electron chi connectivity index (χ4n) is 3.12. The van der Waals surface area contributed by atoms with Gasteiger partial charge in [-0.15, -0.1) is 11.8 Å². The Morgan fingerprint density at radius 2 is 1.72 bits per heavy atom. The molecule has 3 N–H and O–H groups in total. The quantitative estimate of drug-likeness (QED) is 0.368. The van der Waals surface area contributed by atoms with Crippen molar-refractivity contribution >= 4 is 46.0 Å². The maximum absolute atomic E-state index is 13.0. The van der Waals surface area contributed by atoms with E-state index in [0.29, 0.717) is 17.2 Å². The van der Waals surface area contributed by atoms with Gasteiger partial charge in [-0.25, -0.2) is 9.37 Å². The third-order valence-corrected chi connectivity index (χ3v) is 5.93. The summed E-state index contributed by atoms with van der Waals surface area (Å²) in [6.45, 7) is 1.75. The van der Waals surface area contributed by atoms with Crippen LogP contribution in [0.3, 0.4) is 0 Å². The van der Waals surface area contributed by atoms with E-state index in [0.717, 1.165) is 16.6 Å².